The molecular formula is C25H28O2. The highest BCUT2D eigenvalue weighted by atomic mass is 16.5. The van der Waals surface area contributed by atoms with Crippen molar-refractivity contribution in [1.82, 2.24) is 0 Å². The second-order valence-electron chi connectivity index (χ2n) is 7.77. The summed E-state index contributed by atoms with van der Waals surface area (Å²) in [5.74, 6) is 8.88. The smallest absolute Gasteiger partial charge is 0.130 e. The fourth-order valence-electron chi connectivity index (χ4n) is 3.22. The van der Waals surface area contributed by atoms with E-state index < -0.39 is 0 Å². The number of hydrogen-bond acceptors (Lipinski definition) is 2. The van der Waals surface area contributed by atoms with Crippen molar-refractivity contribution in [3.8, 4) is 17.6 Å². The summed E-state index contributed by atoms with van der Waals surface area (Å²) in [6.45, 7) is 4.59. The van der Waals surface area contributed by atoms with Crippen LogP contribution in [0.15, 0.2) is 48.5 Å². The highest BCUT2D eigenvalue weighted by Crippen LogP contribution is 2.32. The second kappa shape index (κ2) is 9.42. The van der Waals surface area contributed by atoms with Crippen molar-refractivity contribution >= 4 is 5.78 Å². The number of ketones is 1. The first-order valence-electron chi connectivity index (χ1n) is 9.92. The zero-order valence-corrected chi connectivity index (χ0v) is 16.3. The zero-order chi connectivity index (χ0) is 19.1. The largest absolute Gasteiger partial charge is 0.494 e. The van der Waals surface area contributed by atoms with Crippen molar-refractivity contribution in [2.45, 2.75) is 46.0 Å². The van der Waals surface area contributed by atoms with Gasteiger partial charge in [0, 0.05) is 17.5 Å². The Morgan fingerprint density at radius 3 is 2.19 bits per heavy atom. The van der Waals surface area contributed by atoms with Gasteiger partial charge in [-0.25, -0.2) is 0 Å². The Bertz CT molecular complexity index is 802. The highest BCUT2D eigenvalue weighted by molar-refractivity contribution is 5.75. The van der Waals surface area contributed by atoms with Crippen LogP contribution >= 0.6 is 0 Å². The van der Waals surface area contributed by atoms with Crippen LogP contribution in [0.5, 0.6) is 5.75 Å². The zero-order valence-electron chi connectivity index (χ0n) is 16.3. The molecule has 27 heavy (non-hydrogen) atoms. The molecular weight excluding hydrogens is 332 g/mol. The van der Waals surface area contributed by atoms with Crippen molar-refractivity contribution in [2.24, 2.45) is 11.8 Å². The summed E-state index contributed by atoms with van der Waals surface area (Å²) < 4.78 is 5.77. The maximum atomic E-state index is 11.2. The topological polar surface area (TPSA) is 26.3 Å². The Labute approximate surface area is 163 Å². The molecule has 2 aromatic rings. The summed E-state index contributed by atoms with van der Waals surface area (Å²) in [4.78, 5) is 11.2. The van der Waals surface area contributed by atoms with Crippen molar-refractivity contribution in [2.75, 3.05) is 6.61 Å². The molecule has 2 nitrogen and oxygen atoms in total. The van der Waals surface area contributed by atoms with Gasteiger partial charge in [-0.15, -0.1) is 0 Å². The van der Waals surface area contributed by atoms with Gasteiger partial charge in [-0.2, -0.15) is 0 Å². The molecule has 0 heterocycles. The Balaban J connectivity index is 1.51. The van der Waals surface area contributed by atoms with Gasteiger partial charge in [0.05, 0.1) is 6.61 Å². The first-order valence-corrected chi connectivity index (χ1v) is 9.92. The fraction of sp³-hybridized carbons (Fsp3) is 0.400. The van der Waals surface area contributed by atoms with Crippen LogP contribution in [0.2, 0.25) is 0 Å². The molecule has 2 aromatic carbocycles. The Hall–Kier alpha value is -2.53. The maximum absolute atomic E-state index is 11.2. The lowest BCUT2D eigenvalue weighted by Crippen LogP contribution is -2.04. The molecule has 0 saturated heterocycles. The van der Waals surface area contributed by atoms with Crippen LogP contribution in [0.1, 0.15) is 56.2 Å². The first-order chi connectivity index (χ1) is 13.1. The standard InChI is InChI=1S/C25H28O2/c1-19(17-20(2)26)18-24-9-7-21(8-10-24)3-4-22-11-13-25(14-12-22)27-16-15-23-5-6-23/h7-14,19,23H,5-6,15-18H2,1-2H3. The molecule has 2 heteroatoms. The van der Waals surface area contributed by atoms with Gasteiger partial charge in [0.25, 0.3) is 0 Å². The number of hydrogen-bond donors (Lipinski definition) is 0. The molecule has 1 fully saturated rings. The van der Waals surface area contributed by atoms with Gasteiger partial charge in [-0.05, 0) is 73.6 Å². The second-order valence-corrected chi connectivity index (χ2v) is 7.77. The molecule has 0 spiro atoms. The van der Waals surface area contributed by atoms with E-state index in [9.17, 15) is 4.79 Å². The summed E-state index contributed by atoms with van der Waals surface area (Å²) >= 11 is 0. The normalized spacial score (nSPS) is 14.1. The van der Waals surface area contributed by atoms with Crippen LogP contribution in [-0.4, -0.2) is 12.4 Å². The first kappa shape index (κ1) is 19.2. The maximum Gasteiger partial charge on any atom is 0.130 e. The third-order valence-electron chi connectivity index (χ3n) is 4.87. The van der Waals surface area contributed by atoms with Crippen LogP contribution < -0.4 is 4.74 Å². The van der Waals surface area contributed by atoms with Gasteiger partial charge in [0.15, 0.2) is 0 Å². The van der Waals surface area contributed by atoms with Crippen LogP contribution in [0.25, 0.3) is 0 Å². The summed E-state index contributed by atoms with van der Waals surface area (Å²) in [5.41, 5.74) is 3.24. The SMILES string of the molecule is CC(=O)CC(C)Cc1ccc(C#Cc2ccc(OCCC3CC3)cc2)cc1. The predicted molar refractivity (Wildman–Crippen MR) is 110 cm³/mol. The number of rotatable bonds is 8. The fourth-order valence-corrected chi connectivity index (χ4v) is 3.22. The van der Waals surface area contributed by atoms with Gasteiger partial charge < -0.3 is 9.53 Å². The van der Waals surface area contributed by atoms with Gasteiger partial charge in [0.1, 0.15) is 11.5 Å². The van der Waals surface area contributed by atoms with Crippen molar-refractivity contribution in [3.63, 3.8) is 0 Å². The third kappa shape index (κ3) is 6.94. The highest BCUT2D eigenvalue weighted by Gasteiger charge is 2.20. The molecule has 1 unspecified atom stereocenters. The Morgan fingerprint density at radius 2 is 1.63 bits per heavy atom. The third-order valence-corrected chi connectivity index (χ3v) is 4.87. The van der Waals surface area contributed by atoms with Gasteiger partial charge in [-0.3, -0.25) is 0 Å². The van der Waals surface area contributed by atoms with Gasteiger partial charge in [0.2, 0.25) is 0 Å². The molecule has 140 valence electrons. The summed E-state index contributed by atoms with van der Waals surface area (Å²) in [5, 5.41) is 0. The summed E-state index contributed by atoms with van der Waals surface area (Å²) in [7, 11) is 0. The van der Waals surface area contributed by atoms with Crippen LogP contribution in [0.4, 0.5) is 0 Å². The van der Waals surface area contributed by atoms with E-state index in [-0.39, 0.29) is 5.78 Å². The van der Waals surface area contributed by atoms with E-state index in [1.807, 2.05) is 24.3 Å². The van der Waals surface area contributed by atoms with Gasteiger partial charge in [-0.1, -0.05) is 43.7 Å². The molecule has 0 aromatic heterocycles. The van der Waals surface area contributed by atoms with Crippen LogP contribution in [0.3, 0.4) is 0 Å². The number of Topliss-reactive ketones (excluding diaryl/α,β-unsaturated/α-hetero) is 1. The quantitative estimate of drug-likeness (QED) is 0.587. The molecule has 0 amide bonds. The van der Waals surface area contributed by atoms with Gasteiger partial charge >= 0.3 is 0 Å². The summed E-state index contributed by atoms with van der Waals surface area (Å²) in [6, 6.07) is 16.3. The molecule has 0 bridgehead atoms. The lowest BCUT2D eigenvalue weighted by Gasteiger charge is -2.09. The van der Waals surface area contributed by atoms with E-state index in [1.54, 1.807) is 6.92 Å². The van der Waals surface area contributed by atoms with Crippen molar-refractivity contribution in [1.29, 1.82) is 0 Å². The molecule has 1 aliphatic carbocycles. The number of ether oxygens (including phenoxy) is 1. The number of carbonyl (C=O) groups excluding carboxylic acids is 1. The average Bonchev–Trinajstić information content (AvgIpc) is 3.46. The minimum absolute atomic E-state index is 0.254. The monoisotopic (exact) mass is 360 g/mol. The van der Waals surface area contributed by atoms with E-state index in [0.29, 0.717) is 12.3 Å². The van der Waals surface area contributed by atoms with Crippen LogP contribution in [0, 0.1) is 23.7 Å². The molecule has 1 atom stereocenters. The number of benzene rings is 2. The predicted octanol–water partition coefficient (Wildman–Crippen LogP) is 5.42. The lowest BCUT2D eigenvalue weighted by molar-refractivity contribution is -0.117. The van der Waals surface area contributed by atoms with E-state index in [1.165, 1.54) is 24.8 Å². The van der Waals surface area contributed by atoms with E-state index >= 15 is 0 Å². The minimum atomic E-state index is 0.254. The minimum Gasteiger partial charge on any atom is -0.494 e. The Kier molecular flexibility index (Phi) is 6.71. The van der Waals surface area contributed by atoms with Crippen molar-refractivity contribution < 1.29 is 9.53 Å². The molecule has 1 saturated carbocycles. The lowest BCUT2D eigenvalue weighted by atomic mass is 9.96. The molecule has 0 radical (unpaired) electrons. The Morgan fingerprint density at radius 1 is 1.04 bits per heavy atom. The molecule has 0 N–H and O–H groups in total. The molecule has 0 aliphatic heterocycles. The average molecular weight is 360 g/mol. The van der Waals surface area contributed by atoms with E-state index in [2.05, 4.69) is 43.0 Å². The van der Waals surface area contributed by atoms with Crippen LogP contribution in [-0.2, 0) is 11.2 Å². The van der Waals surface area contributed by atoms with E-state index in [0.717, 1.165) is 35.8 Å². The molecule has 3 rings (SSSR count). The number of carbonyl (C=O) groups is 1. The van der Waals surface area contributed by atoms with E-state index in [4.69, 9.17) is 4.74 Å². The molecule has 1 aliphatic rings. The summed E-state index contributed by atoms with van der Waals surface area (Å²) in [6.07, 6.45) is 5.48. The van der Waals surface area contributed by atoms with Crippen molar-refractivity contribution in [3.05, 3.63) is 65.2 Å².